The van der Waals surface area contributed by atoms with Gasteiger partial charge >= 0.3 is 0 Å². The molecule has 1 aliphatic heterocycles. The lowest BCUT2D eigenvalue weighted by atomic mass is 9.98. The molecule has 0 aliphatic carbocycles. The molecule has 0 bridgehead atoms. The Balaban J connectivity index is 0.00000289. The summed E-state index contributed by atoms with van der Waals surface area (Å²) in [4.78, 5) is 11.2. The molecule has 1 unspecified atom stereocenters. The van der Waals surface area contributed by atoms with Crippen molar-refractivity contribution in [3.63, 3.8) is 0 Å². The van der Waals surface area contributed by atoms with Gasteiger partial charge in [0.1, 0.15) is 11.6 Å². The molecule has 1 atom stereocenters. The Kier molecular flexibility index (Phi) is 8.55. The van der Waals surface area contributed by atoms with Crippen molar-refractivity contribution in [3.8, 4) is 5.75 Å². The van der Waals surface area contributed by atoms with E-state index in [0.717, 1.165) is 50.1 Å². The number of methoxy groups -OCH3 is 1. The van der Waals surface area contributed by atoms with E-state index in [9.17, 15) is 0 Å². The predicted molar refractivity (Wildman–Crippen MR) is 140 cm³/mol. The van der Waals surface area contributed by atoms with Gasteiger partial charge in [0.15, 0.2) is 5.96 Å². The summed E-state index contributed by atoms with van der Waals surface area (Å²) in [6, 6.07) is 17.1. The number of guanidine groups is 1. The van der Waals surface area contributed by atoms with E-state index in [4.69, 9.17) is 4.74 Å². The van der Waals surface area contributed by atoms with Crippen LogP contribution in [0.3, 0.4) is 0 Å². The number of hydrogen-bond acceptors (Lipinski definition) is 3. The SMILES string of the molecule is CN=C(NCc1cccc(Cn2ccnc2C)c1)N1CCC(c2ccc(OC)cc2)C1.I. The Labute approximate surface area is 207 Å². The highest BCUT2D eigenvalue weighted by Gasteiger charge is 2.26. The fraction of sp³-hybridized carbons (Fsp3) is 0.360. The number of ether oxygens (including phenoxy) is 1. The van der Waals surface area contributed by atoms with E-state index >= 15 is 0 Å². The fourth-order valence-electron chi connectivity index (χ4n) is 4.22. The van der Waals surface area contributed by atoms with E-state index in [1.54, 1.807) is 7.11 Å². The summed E-state index contributed by atoms with van der Waals surface area (Å²) >= 11 is 0. The first-order valence-corrected chi connectivity index (χ1v) is 10.8. The molecule has 2 heterocycles. The third kappa shape index (κ3) is 5.82. The summed E-state index contributed by atoms with van der Waals surface area (Å²) in [5.74, 6) is 3.42. The van der Waals surface area contributed by atoms with Crippen LogP contribution in [0.15, 0.2) is 65.9 Å². The third-order valence-corrected chi connectivity index (χ3v) is 6.01. The number of benzene rings is 2. The number of hydrogen-bond donors (Lipinski definition) is 1. The maximum Gasteiger partial charge on any atom is 0.193 e. The zero-order valence-electron chi connectivity index (χ0n) is 19.0. The van der Waals surface area contributed by atoms with Crippen LogP contribution in [0, 0.1) is 6.92 Å². The highest BCUT2D eigenvalue weighted by atomic mass is 127. The minimum atomic E-state index is 0. The van der Waals surface area contributed by atoms with Gasteiger partial charge in [0, 0.05) is 51.5 Å². The van der Waals surface area contributed by atoms with Gasteiger partial charge in [0.2, 0.25) is 0 Å². The van der Waals surface area contributed by atoms with Crippen molar-refractivity contribution in [2.24, 2.45) is 4.99 Å². The van der Waals surface area contributed by atoms with Crippen LogP contribution in [0.5, 0.6) is 5.75 Å². The molecule has 1 N–H and O–H groups in total. The number of nitrogens with zero attached hydrogens (tertiary/aromatic N) is 4. The Morgan fingerprint density at radius 1 is 1.19 bits per heavy atom. The van der Waals surface area contributed by atoms with Gasteiger partial charge in [-0.15, -0.1) is 24.0 Å². The lowest BCUT2D eigenvalue weighted by molar-refractivity contribution is 0.414. The molecule has 170 valence electrons. The maximum atomic E-state index is 5.28. The first-order valence-electron chi connectivity index (χ1n) is 10.8. The lowest BCUT2D eigenvalue weighted by Crippen LogP contribution is -2.39. The van der Waals surface area contributed by atoms with Crippen LogP contribution in [-0.4, -0.2) is 47.7 Å². The highest BCUT2D eigenvalue weighted by molar-refractivity contribution is 14.0. The molecule has 1 saturated heterocycles. The lowest BCUT2D eigenvalue weighted by Gasteiger charge is -2.22. The number of rotatable bonds is 6. The maximum absolute atomic E-state index is 5.28. The Bertz CT molecular complexity index is 1030. The van der Waals surface area contributed by atoms with Crippen LogP contribution in [0.25, 0.3) is 0 Å². The summed E-state index contributed by atoms with van der Waals surface area (Å²) < 4.78 is 7.44. The molecule has 2 aromatic carbocycles. The molecule has 1 fully saturated rings. The normalized spacial score (nSPS) is 16.0. The average molecular weight is 545 g/mol. The van der Waals surface area contributed by atoms with E-state index in [0.29, 0.717) is 5.92 Å². The van der Waals surface area contributed by atoms with Gasteiger partial charge in [0.25, 0.3) is 0 Å². The van der Waals surface area contributed by atoms with Gasteiger partial charge in [-0.05, 0) is 42.2 Å². The Hall–Kier alpha value is -2.55. The monoisotopic (exact) mass is 545 g/mol. The number of aromatic nitrogens is 2. The van der Waals surface area contributed by atoms with Crippen LogP contribution in [0.2, 0.25) is 0 Å². The zero-order chi connectivity index (χ0) is 21.6. The topological polar surface area (TPSA) is 54.7 Å². The first-order chi connectivity index (χ1) is 15.2. The molecule has 1 aliphatic rings. The van der Waals surface area contributed by atoms with Gasteiger partial charge < -0.3 is 19.5 Å². The second-order valence-corrected chi connectivity index (χ2v) is 8.03. The van der Waals surface area contributed by atoms with Gasteiger partial charge in [-0.25, -0.2) is 4.98 Å². The van der Waals surface area contributed by atoms with Crippen LogP contribution in [0.1, 0.15) is 34.9 Å². The predicted octanol–water partition coefficient (Wildman–Crippen LogP) is 4.43. The van der Waals surface area contributed by atoms with E-state index in [-0.39, 0.29) is 24.0 Å². The summed E-state index contributed by atoms with van der Waals surface area (Å²) in [5.41, 5.74) is 3.89. The van der Waals surface area contributed by atoms with Crippen LogP contribution < -0.4 is 10.1 Å². The molecule has 0 saturated carbocycles. The van der Waals surface area contributed by atoms with E-state index in [1.165, 1.54) is 16.7 Å². The minimum Gasteiger partial charge on any atom is -0.497 e. The number of nitrogens with one attached hydrogen (secondary N) is 1. The van der Waals surface area contributed by atoms with E-state index < -0.39 is 0 Å². The van der Waals surface area contributed by atoms with Crippen LogP contribution in [0.4, 0.5) is 0 Å². The summed E-state index contributed by atoms with van der Waals surface area (Å²) in [7, 11) is 3.57. The summed E-state index contributed by atoms with van der Waals surface area (Å²) in [6.07, 6.45) is 5.00. The van der Waals surface area contributed by atoms with Crippen LogP contribution >= 0.6 is 24.0 Å². The molecule has 32 heavy (non-hydrogen) atoms. The van der Waals surface area contributed by atoms with Crippen molar-refractivity contribution in [3.05, 3.63) is 83.4 Å². The second kappa shape index (κ2) is 11.4. The third-order valence-electron chi connectivity index (χ3n) is 6.01. The number of aryl methyl sites for hydroxylation is 1. The minimum absolute atomic E-state index is 0. The summed E-state index contributed by atoms with van der Waals surface area (Å²) in [6.45, 7) is 5.62. The number of halogens is 1. The number of likely N-dealkylation sites (tertiary alicyclic amines) is 1. The molecule has 0 spiro atoms. The van der Waals surface area contributed by atoms with Crippen molar-refractivity contribution < 1.29 is 4.74 Å². The number of imidazole rings is 1. The molecule has 6 nitrogen and oxygen atoms in total. The Morgan fingerprint density at radius 3 is 2.66 bits per heavy atom. The van der Waals surface area contributed by atoms with Crippen molar-refractivity contribution in [2.45, 2.75) is 32.4 Å². The number of aliphatic imine (C=N–C) groups is 1. The molecule has 1 aromatic heterocycles. The van der Waals surface area contributed by atoms with Crippen molar-refractivity contribution in [1.82, 2.24) is 19.8 Å². The van der Waals surface area contributed by atoms with Crippen molar-refractivity contribution >= 4 is 29.9 Å². The second-order valence-electron chi connectivity index (χ2n) is 8.03. The molecule has 4 rings (SSSR count). The molecule has 3 aromatic rings. The standard InChI is InChI=1S/C25H31N5O.HI/c1-19-27-12-14-29(19)17-21-6-4-5-20(15-21)16-28-25(26-2)30-13-11-23(18-30)22-7-9-24(31-3)10-8-22;/h4-10,12,14-15,23H,11,13,16-18H2,1-3H3,(H,26,28);1H. The molecular weight excluding hydrogens is 513 g/mol. The highest BCUT2D eigenvalue weighted by Crippen LogP contribution is 2.28. The average Bonchev–Trinajstić information content (AvgIpc) is 3.44. The zero-order valence-corrected chi connectivity index (χ0v) is 21.3. The molecular formula is C25H32IN5O. The van der Waals surface area contributed by atoms with Gasteiger partial charge in [-0.2, -0.15) is 0 Å². The quantitative estimate of drug-likeness (QED) is 0.283. The summed E-state index contributed by atoms with van der Waals surface area (Å²) in [5, 5.41) is 3.55. The van der Waals surface area contributed by atoms with E-state index in [2.05, 4.69) is 61.2 Å². The fourth-order valence-corrected chi connectivity index (χ4v) is 4.22. The molecule has 0 radical (unpaired) electrons. The smallest absolute Gasteiger partial charge is 0.193 e. The largest absolute Gasteiger partial charge is 0.497 e. The molecule has 7 heteroatoms. The first kappa shape index (κ1) is 24.1. The van der Waals surface area contributed by atoms with E-state index in [1.807, 2.05) is 38.5 Å². The van der Waals surface area contributed by atoms with Gasteiger partial charge in [0.05, 0.1) is 7.11 Å². The van der Waals surface area contributed by atoms with Crippen molar-refractivity contribution in [1.29, 1.82) is 0 Å². The van der Waals surface area contributed by atoms with Crippen molar-refractivity contribution in [2.75, 3.05) is 27.2 Å². The Morgan fingerprint density at radius 2 is 1.97 bits per heavy atom. The van der Waals surface area contributed by atoms with Crippen LogP contribution in [-0.2, 0) is 13.1 Å². The van der Waals surface area contributed by atoms with Gasteiger partial charge in [-0.1, -0.05) is 36.4 Å². The molecule has 0 amide bonds. The van der Waals surface area contributed by atoms with Gasteiger partial charge in [-0.3, -0.25) is 4.99 Å².